The quantitative estimate of drug-likeness (QED) is 0.733. The minimum Gasteiger partial charge on any atom is -0.309 e. The summed E-state index contributed by atoms with van der Waals surface area (Å²) in [5.41, 5.74) is 0. The third kappa shape index (κ3) is 5.91. The summed E-state index contributed by atoms with van der Waals surface area (Å²) in [6.45, 7) is 3.46. The zero-order valence-electron chi connectivity index (χ0n) is 12.7. The summed E-state index contributed by atoms with van der Waals surface area (Å²) in [5, 5.41) is 23.0. The Bertz CT molecular complexity index is 673. The number of rotatable bonds is 7. The molecule has 0 aromatic carbocycles. The fraction of sp³-hybridized carbons (Fsp3) is 0.385. The minimum absolute atomic E-state index is 0.179. The number of nitrogens with zero attached hydrogens (tertiary/aromatic N) is 4. The van der Waals surface area contributed by atoms with E-state index in [-0.39, 0.29) is 17.6 Å². The van der Waals surface area contributed by atoms with Crippen LogP contribution in [0.2, 0.25) is 0 Å². The van der Waals surface area contributed by atoms with Crippen molar-refractivity contribution in [2.75, 3.05) is 16.4 Å². The average molecular weight is 352 g/mol. The first-order valence-electron chi connectivity index (χ1n) is 6.93. The van der Waals surface area contributed by atoms with Gasteiger partial charge in [0.05, 0.1) is 5.75 Å². The lowest BCUT2D eigenvalue weighted by molar-refractivity contribution is -0.114. The smallest absolute Gasteiger partial charge is 0.236 e. The van der Waals surface area contributed by atoms with Crippen molar-refractivity contribution in [3.8, 4) is 0 Å². The Morgan fingerprint density at radius 1 is 1.17 bits per heavy atom. The maximum absolute atomic E-state index is 11.9. The van der Waals surface area contributed by atoms with Crippen LogP contribution >= 0.6 is 23.1 Å². The molecule has 2 aromatic rings. The van der Waals surface area contributed by atoms with Gasteiger partial charge in [0.25, 0.3) is 0 Å². The molecule has 0 aliphatic rings. The number of aromatic nitrogens is 4. The molecule has 0 aliphatic heterocycles. The highest BCUT2D eigenvalue weighted by atomic mass is 32.2. The predicted molar refractivity (Wildman–Crippen MR) is 89.6 cm³/mol. The van der Waals surface area contributed by atoms with E-state index in [1.807, 2.05) is 0 Å². The summed E-state index contributed by atoms with van der Waals surface area (Å²) < 4.78 is 0. The molecule has 0 aliphatic carbocycles. The second-order valence-corrected chi connectivity index (χ2v) is 6.58. The molecular weight excluding hydrogens is 336 g/mol. The zero-order valence-corrected chi connectivity index (χ0v) is 14.3. The van der Waals surface area contributed by atoms with Crippen molar-refractivity contribution in [3.05, 3.63) is 17.1 Å². The summed E-state index contributed by atoms with van der Waals surface area (Å²) in [6, 6.07) is 3.33. The first-order chi connectivity index (χ1) is 11.1. The van der Waals surface area contributed by atoms with Crippen LogP contribution in [0.25, 0.3) is 0 Å². The van der Waals surface area contributed by atoms with Crippen LogP contribution in [0.5, 0.6) is 0 Å². The Kier molecular flexibility index (Phi) is 6.41. The van der Waals surface area contributed by atoms with E-state index < -0.39 is 0 Å². The number of hydrogen-bond acceptors (Lipinski definition) is 8. The van der Waals surface area contributed by atoms with Gasteiger partial charge in [0.15, 0.2) is 5.82 Å². The number of carbonyl (C=O) groups is 2. The van der Waals surface area contributed by atoms with E-state index in [0.717, 1.165) is 17.8 Å². The van der Waals surface area contributed by atoms with Crippen LogP contribution in [-0.4, -0.2) is 38.0 Å². The summed E-state index contributed by atoms with van der Waals surface area (Å²) >= 11 is 2.63. The van der Waals surface area contributed by atoms with Crippen molar-refractivity contribution in [2.24, 2.45) is 0 Å². The first-order valence-corrected chi connectivity index (χ1v) is 8.73. The number of nitrogens with one attached hydrogen (secondary N) is 2. The zero-order chi connectivity index (χ0) is 16.7. The molecule has 0 unspecified atom stereocenters. The Balaban J connectivity index is 1.80. The maximum Gasteiger partial charge on any atom is 0.236 e. The molecule has 8 nitrogen and oxygen atoms in total. The van der Waals surface area contributed by atoms with Crippen molar-refractivity contribution in [2.45, 2.75) is 31.7 Å². The second-order valence-electron chi connectivity index (χ2n) is 4.53. The van der Waals surface area contributed by atoms with Gasteiger partial charge in [-0.05, 0) is 18.6 Å². The maximum atomic E-state index is 11.9. The SMILES string of the molecule is CCCc1nnc(NC(=O)CSc2ccc(NC(C)=O)nn2)s1. The minimum atomic E-state index is -0.210. The van der Waals surface area contributed by atoms with Crippen LogP contribution in [0.4, 0.5) is 10.9 Å². The van der Waals surface area contributed by atoms with E-state index in [9.17, 15) is 9.59 Å². The Hall–Kier alpha value is -2.07. The Labute approximate surface area is 141 Å². The lowest BCUT2D eigenvalue weighted by Crippen LogP contribution is -2.14. The second kappa shape index (κ2) is 8.53. The van der Waals surface area contributed by atoms with Crippen LogP contribution in [-0.2, 0) is 16.0 Å². The number of anilines is 2. The van der Waals surface area contributed by atoms with Crippen LogP contribution in [0.3, 0.4) is 0 Å². The number of thioether (sulfide) groups is 1. The van der Waals surface area contributed by atoms with Crippen LogP contribution in [0.15, 0.2) is 17.2 Å². The standard InChI is InChI=1S/C13H16N6O2S2/c1-3-4-12-18-19-13(23-12)15-10(21)7-22-11-6-5-9(16-17-11)14-8(2)20/h5-6H,3-4,7H2,1-2H3,(H,14,16,20)(H,15,19,21). The van der Waals surface area contributed by atoms with Gasteiger partial charge in [-0.25, -0.2) is 0 Å². The molecule has 0 radical (unpaired) electrons. The molecular formula is C13H16N6O2S2. The van der Waals surface area contributed by atoms with Gasteiger partial charge >= 0.3 is 0 Å². The van der Waals surface area contributed by atoms with Gasteiger partial charge in [-0.1, -0.05) is 30.0 Å². The Morgan fingerprint density at radius 2 is 2.00 bits per heavy atom. The molecule has 2 rings (SSSR count). The molecule has 2 N–H and O–H groups in total. The van der Waals surface area contributed by atoms with Crippen molar-refractivity contribution in [3.63, 3.8) is 0 Å². The molecule has 0 bridgehead atoms. The van der Waals surface area contributed by atoms with E-state index in [2.05, 4.69) is 38.0 Å². The fourth-order valence-corrected chi connectivity index (χ4v) is 3.03. The van der Waals surface area contributed by atoms with Gasteiger partial charge in [-0.2, -0.15) is 0 Å². The van der Waals surface area contributed by atoms with Gasteiger partial charge in [0, 0.05) is 13.3 Å². The molecule has 0 atom stereocenters. The van der Waals surface area contributed by atoms with E-state index in [4.69, 9.17) is 0 Å². The highest BCUT2D eigenvalue weighted by Gasteiger charge is 2.09. The third-order valence-electron chi connectivity index (χ3n) is 2.47. The van der Waals surface area contributed by atoms with Crippen molar-refractivity contribution >= 4 is 45.9 Å². The number of amides is 2. The highest BCUT2D eigenvalue weighted by Crippen LogP contribution is 2.19. The van der Waals surface area contributed by atoms with Gasteiger partial charge < -0.3 is 5.32 Å². The molecule has 2 aromatic heterocycles. The van der Waals surface area contributed by atoms with E-state index in [1.165, 1.54) is 30.0 Å². The molecule has 23 heavy (non-hydrogen) atoms. The van der Waals surface area contributed by atoms with Crippen molar-refractivity contribution < 1.29 is 9.59 Å². The molecule has 122 valence electrons. The summed E-state index contributed by atoms with van der Waals surface area (Å²) in [4.78, 5) is 22.7. The van der Waals surface area contributed by atoms with Crippen LogP contribution < -0.4 is 10.6 Å². The molecule has 0 spiro atoms. The van der Waals surface area contributed by atoms with Gasteiger partial charge in [-0.3, -0.25) is 14.9 Å². The van der Waals surface area contributed by atoms with Gasteiger partial charge in [0.1, 0.15) is 10.0 Å². The number of carbonyl (C=O) groups excluding carboxylic acids is 2. The highest BCUT2D eigenvalue weighted by molar-refractivity contribution is 7.99. The average Bonchev–Trinajstić information content (AvgIpc) is 2.93. The fourth-order valence-electron chi connectivity index (χ4n) is 1.56. The number of aryl methyl sites for hydroxylation is 1. The Morgan fingerprint density at radius 3 is 2.65 bits per heavy atom. The van der Waals surface area contributed by atoms with E-state index in [0.29, 0.717) is 16.0 Å². The van der Waals surface area contributed by atoms with E-state index in [1.54, 1.807) is 12.1 Å². The van der Waals surface area contributed by atoms with E-state index >= 15 is 0 Å². The van der Waals surface area contributed by atoms with Gasteiger partial charge in [0.2, 0.25) is 16.9 Å². The summed E-state index contributed by atoms with van der Waals surface area (Å²) in [7, 11) is 0. The molecule has 0 saturated heterocycles. The topological polar surface area (TPSA) is 110 Å². The van der Waals surface area contributed by atoms with Crippen LogP contribution in [0, 0.1) is 0 Å². The molecule has 0 fully saturated rings. The summed E-state index contributed by atoms with van der Waals surface area (Å²) in [6.07, 6.45) is 1.85. The van der Waals surface area contributed by atoms with Crippen molar-refractivity contribution in [1.82, 2.24) is 20.4 Å². The lowest BCUT2D eigenvalue weighted by atomic mass is 10.4. The first kappa shape index (κ1) is 17.3. The predicted octanol–water partition coefficient (Wildman–Crippen LogP) is 1.97. The largest absolute Gasteiger partial charge is 0.309 e. The molecule has 10 heteroatoms. The lowest BCUT2D eigenvalue weighted by Gasteiger charge is -2.02. The number of hydrogen-bond donors (Lipinski definition) is 2. The molecule has 2 amide bonds. The van der Waals surface area contributed by atoms with Gasteiger partial charge in [-0.15, -0.1) is 20.4 Å². The molecule has 2 heterocycles. The monoisotopic (exact) mass is 352 g/mol. The molecule has 0 saturated carbocycles. The summed E-state index contributed by atoms with van der Waals surface area (Å²) in [5.74, 6) is 0.181. The van der Waals surface area contributed by atoms with Crippen molar-refractivity contribution in [1.29, 1.82) is 0 Å². The normalized spacial score (nSPS) is 10.3. The third-order valence-corrected chi connectivity index (χ3v) is 4.29. The van der Waals surface area contributed by atoms with Crippen LogP contribution in [0.1, 0.15) is 25.3 Å².